The summed E-state index contributed by atoms with van der Waals surface area (Å²) >= 11 is 5.42. The molecule has 2 heteroatoms. The summed E-state index contributed by atoms with van der Waals surface area (Å²) in [6, 6.07) is 0.331. The molecule has 0 atom stereocenters. The van der Waals surface area contributed by atoms with Crippen molar-refractivity contribution in [1.82, 2.24) is 0 Å². The van der Waals surface area contributed by atoms with Gasteiger partial charge in [-0.1, -0.05) is 11.6 Å². The van der Waals surface area contributed by atoms with E-state index in [9.17, 15) is 0 Å². The van der Waals surface area contributed by atoms with Crippen LogP contribution in [0, 0.1) is 0 Å². The van der Waals surface area contributed by atoms with Crippen molar-refractivity contribution in [2.24, 2.45) is 4.99 Å². The van der Waals surface area contributed by atoms with Crippen LogP contribution < -0.4 is 0 Å². The second-order valence-corrected chi connectivity index (χ2v) is 2.27. The van der Waals surface area contributed by atoms with Gasteiger partial charge in [-0.25, -0.2) is 0 Å². The molecular formula is C5H10ClN. The average Bonchev–Trinajstić information content (AvgIpc) is 1.27. The van der Waals surface area contributed by atoms with Crippen molar-refractivity contribution in [3.8, 4) is 0 Å². The van der Waals surface area contributed by atoms with Gasteiger partial charge in [0.25, 0.3) is 0 Å². The highest BCUT2D eigenvalue weighted by molar-refractivity contribution is 6.64. The third-order valence-electron chi connectivity index (χ3n) is 0.436. The van der Waals surface area contributed by atoms with E-state index in [4.69, 9.17) is 11.6 Å². The summed E-state index contributed by atoms with van der Waals surface area (Å²) in [7, 11) is 0. The lowest BCUT2D eigenvalue weighted by Gasteiger charge is -1.92. The Morgan fingerprint density at radius 2 is 2.00 bits per heavy atom. The molecule has 0 heterocycles. The van der Waals surface area contributed by atoms with Crippen LogP contribution in [-0.2, 0) is 0 Å². The number of hydrogen-bond acceptors (Lipinski definition) is 1. The predicted molar refractivity (Wildman–Crippen MR) is 34.1 cm³/mol. The molecule has 0 aliphatic carbocycles. The maximum Gasteiger partial charge on any atom is 0.0975 e. The van der Waals surface area contributed by atoms with E-state index >= 15 is 0 Å². The first kappa shape index (κ1) is 6.96. The predicted octanol–water partition coefficient (Wildman–Crippen LogP) is 2.05. The SMILES string of the molecule is CC(Cl)=NC(C)C. The molecule has 1 nitrogen and oxygen atoms in total. The molecule has 0 aromatic rings. The maximum atomic E-state index is 5.42. The van der Waals surface area contributed by atoms with E-state index in [2.05, 4.69) is 4.99 Å². The van der Waals surface area contributed by atoms with Crippen LogP contribution in [0.15, 0.2) is 4.99 Å². The van der Waals surface area contributed by atoms with Gasteiger partial charge < -0.3 is 0 Å². The van der Waals surface area contributed by atoms with Crippen LogP contribution in [-0.4, -0.2) is 11.2 Å². The highest BCUT2D eigenvalue weighted by Gasteiger charge is 1.84. The van der Waals surface area contributed by atoms with Gasteiger partial charge in [0.1, 0.15) is 0 Å². The Hall–Kier alpha value is -0.0400. The molecule has 0 fully saturated rings. The first-order valence-corrected chi connectivity index (χ1v) is 2.70. The normalized spacial score (nSPS) is 13.0. The van der Waals surface area contributed by atoms with Crippen molar-refractivity contribution in [3.05, 3.63) is 0 Å². The van der Waals surface area contributed by atoms with Gasteiger partial charge in [-0.15, -0.1) is 0 Å². The van der Waals surface area contributed by atoms with Crippen LogP contribution >= 0.6 is 11.6 Å². The van der Waals surface area contributed by atoms with E-state index in [1.807, 2.05) is 13.8 Å². The average molecular weight is 120 g/mol. The van der Waals surface area contributed by atoms with Crippen molar-refractivity contribution in [1.29, 1.82) is 0 Å². The summed E-state index contributed by atoms with van der Waals surface area (Å²) in [6.07, 6.45) is 0. The van der Waals surface area contributed by atoms with Crippen LogP contribution in [0.5, 0.6) is 0 Å². The summed E-state index contributed by atoms with van der Waals surface area (Å²) in [5, 5.41) is 0.634. The van der Waals surface area contributed by atoms with Crippen molar-refractivity contribution in [2.45, 2.75) is 26.8 Å². The molecule has 0 bridgehead atoms. The fraction of sp³-hybridized carbons (Fsp3) is 0.800. The first-order chi connectivity index (χ1) is 3.13. The van der Waals surface area contributed by atoms with E-state index in [-0.39, 0.29) is 0 Å². The zero-order valence-electron chi connectivity index (χ0n) is 4.90. The van der Waals surface area contributed by atoms with Crippen LogP contribution in [0.1, 0.15) is 20.8 Å². The molecule has 0 aliphatic heterocycles. The summed E-state index contributed by atoms with van der Waals surface area (Å²) in [6.45, 7) is 5.76. The number of nitrogens with zero attached hydrogens (tertiary/aromatic N) is 1. The van der Waals surface area contributed by atoms with Crippen molar-refractivity contribution < 1.29 is 0 Å². The van der Waals surface area contributed by atoms with Crippen molar-refractivity contribution in [2.75, 3.05) is 0 Å². The van der Waals surface area contributed by atoms with E-state index in [1.54, 1.807) is 6.92 Å². The molecule has 0 amide bonds. The zero-order valence-corrected chi connectivity index (χ0v) is 5.66. The molecular weight excluding hydrogens is 110 g/mol. The fourth-order valence-electron chi connectivity index (χ4n) is 0.356. The van der Waals surface area contributed by atoms with Gasteiger partial charge in [-0.3, -0.25) is 4.99 Å². The molecule has 0 aliphatic rings. The standard InChI is InChI=1S/C5H10ClN/c1-4(2)7-5(3)6/h4H,1-3H3. The Bertz CT molecular complexity index is 72.1. The molecule has 0 rings (SSSR count). The second-order valence-electron chi connectivity index (χ2n) is 1.72. The number of hydrogen-bond donors (Lipinski definition) is 0. The lowest BCUT2D eigenvalue weighted by molar-refractivity contribution is 0.838. The molecule has 0 N–H and O–H groups in total. The van der Waals surface area contributed by atoms with Crippen molar-refractivity contribution >= 4 is 16.8 Å². The first-order valence-electron chi connectivity index (χ1n) is 2.33. The minimum atomic E-state index is 0.331. The third-order valence-corrected chi connectivity index (χ3v) is 0.534. The molecule has 0 spiro atoms. The van der Waals surface area contributed by atoms with E-state index < -0.39 is 0 Å². The number of rotatable bonds is 1. The zero-order chi connectivity index (χ0) is 5.86. The lowest BCUT2D eigenvalue weighted by atomic mass is 10.4. The Labute approximate surface area is 49.4 Å². The monoisotopic (exact) mass is 119 g/mol. The van der Waals surface area contributed by atoms with Gasteiger partial charge in [0.2, 0.25) is 0 Å². The Kier molecular flexibility index (Phi) is 3.01. The summed E-state index contributed by atoms with van der Waals surface area (Å²) in [5.41, 5.74) is 0. The Morgan fingerprint density at radius 3 is 2.00 bits per heavy atom. The second kappa shape index (κ2) is 3.03. The van der Waals surface area contributed by atoms with Gasteiger partial charge >= 0.3 is 0 Å². The largest absolute Gasteiger partial charge is 0.275 e. The topological polar surface area (TPSA) is 12.4 Å². The minimum absolute atomic E-state index is 0.331. The molecule has 0 unspecified atom stereocenters. The fourth-order valence-corrected chi connectivity index (χ4v) is 0.551. The van der Waals surface area contributed by atoms with Crippen LogP contribution in [0.2, 0.25) is 0 Å². The van der Waals surface area contributed by atoms with Gasteiger partial charge in [0.05, 0.1) is 5.17 Å². The summed E-state index contributed by atoms with van der Waals surface area (Å²) in [5.74, 6) is 0. The summed E-state index contributed by atoms with van der Waals surface area (Å²) < 4.78 is 0. The molecule has 42 valence electrons. The Balaban J connectivity index is 3.45. The highest BCUT2D eigenvalue weighted by atomic mass is 35.5. The third kappa shape index (κ3) is 5.96. The van der Waals surface area contributed by atoms with E-state index in [0.717, 1.165) is 0 Å². The quantitative estimate of drug-likeness (QED) is 0.469. The maximum absolute atomic E-state index is 5.42. The minimum Gasteiger partial charge on any atom is -0.275 e. The van der Waals surface area contributed by atoms with Crippen LogP contribution in [0.4, 0.5) is 0 Å². The van der Waals surface area contributed by atoms with Crippen LogP contribution in [0.25, 0.3) is 0 Å². The molecule has 0 aromatic heterocycles. The van der Waals surface area contributed by atoms with Gasteiger partial charge in [0.15, 0.2) is 0 Å². The van der Waals surface area contributed by atoms with Crippen LogP contribution in [0.3, 0.4) is 0 Å². The Morgan fingerprint density at radius 1 is 1.57 bits per heavy atom. The highest BCUT2D eigenvalue weighted by Crippen LogP contribution is 1.89. The summed E-state index contributed by atoms with van der Waals surface area (Å²) in [4.78, 5) is 3.96. The van der Waals surface area contributed by atoms with Crippen molar-refractivity contribution in [3.63, 3.8) is 0 Å². The van der Waals surface area contributed by atoms with E-state index in [0.29, 0.717) is 11.2 Å². The smallest absolute Gasteiger partial charge is 0.0975 e. The van der Waals surface area contributed by atoms with Gasteiger partial charge in [-0.05, 0) is 20.8 Å². The van der Waals surface area contributed by atoms with E-state index in [1.165, 1.54) is 0 Å². The molecule has 0 aromatic carbocycles. The van der Waals surface area contributed by atoms with Gasteiger partial charge in [0, 0.05) is 6.04 Å². The van der Waals surface area contributed by atoms with Gasteiger partial charge in [-0.2, -0.15) is 0 Å². The molecule has 0 radical (unpaired) electrons. The molecule has 7 heavy (non-hydrogen) atoms. The molecule has 0 saturated carbocycles. The number of aliphatic imine (C=N–C) groups is 1. The lowest BCUT2D eigenvalue weighted by Crippen LogP contribution is -1.90. The number of halogens is 1. The molecule has 0 saturated heterocycles.